The van der Waals surface area contributed by atoms with E-state index in [0.29, 0.717) is 39.8 Å². The number of halogens is 1. The number of hydrogen-bond donors (Lipinski definition) is 2. The molecule has 0 aliphatic carbocycles. The number of carboxylic acid groups (broad SMARTS) is 1. The van der Waals surface area contributed by atoms with Crippen LogP contribution in [0.3, 0.4) is 0 Å². The largest absolute Gasteiger partial charge is 0.497 e. The first-order chi connectivity index (χ1) is 19.9. The summed E-state index contributed by atoms with van der Waals surface area (Å²) in [4.78, 5) is 24.8. The highest BCUT2D eigenvalue weighted by Gasteiger charge is 2.20. The van der Waals surface area contributed by atoms with Gasteiger partial charge in [-0.2, -0.15) is 0 Å². The van der Waals surface area contributed by atoms with Gasteiger partial charge >= 0.3 is 5.97 Å². The first kappa shape index (κ1) is 32.0. The second-order valence-electron chi connectivity index (χ2n) is 10.3. The summed E-state index contributed by atoms with van der Waals surface area (Å²) in [6.45, 7) is 2.31. The molecule has 0 unspecified atom stereocenters. The number of methoxy groups -OCH3 is 1. The van der Waals surface area contributed by atoms with E-state index in [9.17, 15) is 14.7 Å². The van der Waals surface area contributed by atoms with Crippen LogP contribution in [0.2, 0.25) is 5.02 Å². The third-order valence-corrected chi connectivity index (χ3v) is 7.28. The van der Waals surface area contributed by atoms with Crippen LogP contribution in [0.25, 0.3) is 22.3 Å². The molecule has 0 atom stereocenters. The molecule has 6 nitrogen and oxygen atoms in total. The molecular weight excluding hydrogens is 538 g/mol. The first-order valence-corrected chi connectivity index (χ1v) is 15.0. The molecule has 0 aromatic heterocycles. The third kappa shape index (κ3) is 10.4. The van der Waals surface area contributed by atoms with Crippen molar-refractivity contribution in [1.29, 1.82) is 0 Å². The maximum atomic E-state index is 13.3. The van der Waals surface area contributed by atoms with Crippen molar-refractivity contribution in [3.8, 4) is 33.8 Å². The lowest BCUT2D eigenvalue weighted by Crippen LogP contribution is -2.24. The average Bonchev–Trinajstić information content (AvgIpc) is 2.98. The van der Waals surface area contributed by atoms with Gasteiger partial charge in [0, 0.05) is 28.3 Å². The second kappa shape index (κ2) is 17.3. The van der Waals surface area contributed by atoms with Crippen molar-refractivity contribution in [1.82, 2.24) is 5.32 Å². The molecule has 3 aromatic carbocycles. The third-order valence-electron chi connectivity index (χ3n) is 7.04. The van der Waals surface area contributed by atoms with E-state index in [1.165, 1.54) is 51.4 Å². The molecule has 3 rings (SSSR count). The highest BCUT2D eigenvalue weighted by atomic mass is 35.5. The quantitative estimate of drug-likeness (QED) is 0.147. The first-order valence-electron chi connectivity index (χ1n) is 14.6. The zero-order valence-corrected chi connectivity index (χ0v) is 25.0. The number of rotatable bonds is 18. The summed E-state index contributed by atoms with van der Waals surface area (Å²) in [6, 6.07) is 18.0. The van der Waals surface area contributed by atoms with Crippen LogP contribution in [0.15, 0.2) is 60.7 Å². The molecule has 7 heteroatoms. The number of carbonyl (C=O) groups is 2. The molecule has 0 saturated heterocycles. The minimum Gasteiger partial charge on any atom is -0.497 e. The molecule has 0 aliphatic rings. The minimum atomic E-state index is -1.10. The van der Waals surface area contributed by atoms with Crippen LogP contribution < -0.4 is 14.8 Å². The lowest BCUT2D eigenvalue weighted by atomic mass is 9.94. The molecule has 1 amide bonds. The molecular formula is C34H42ClNO5. The Morgan fingerprint density at radius 1 is 0.805 bits per heavy atom. The number of aliphatic carboxylic acids is 1. The molecule has 0 saturated carbocycles. The number of carbonyl (C=O) groups excluding carboxylic acids is 1. The highest BCUT2D eigenvalue weighted by Crippen LogP contribution is 2.41. The summed E-state index contributed by atoms with van der Waals surface area (Å²) < 4.78 is 11.1. The molecule has 2 N–H and O–H groups in total. The topological polar surface area (TPSA) is 84.9 Å². The molecule has 0 fully saturated rings. The maximum Gasteiger partial charge on any atom is 0.341 e. The van der Waals surface area contributed by atoms with Crippen molar-refractivity contribution >= 4 is 23.5 Å². The molecule has 0 heterocycles. The number of amides is 1. The van der Waals surface area contributed by atoms with Crippen molar-refractivity contribution < 1.29 is 24.2 Å². The Labute approximate surface area is 249 Å². The summed E-state index contributed by atoms with van der Waals surface area (Å²) in [5, 5.41) is 12.9. The predicted molar refractivity (Wildman–Crippen MR) is 166 cm³/mol. The van der Waals surface area contributed by atoms with E-state index in [1.54, 1.807) is 31.4 Å². The van der Waals surface area contributed by atoms with E-state index in [-0.39, 0.29) is 5.91 Å². The normalized spacial score (nSPS) is 10.8. The fraction of sp³-hybridized carbons (Fsp3) is 0.412. The standard InChI is InChI=1S/C34H42ClNO5/c1-3-4-5-6-7-8-9-10-11-12-20-36-34(39)27-22-30(25-16-18-29(40-2)19-17-25)33(41-24-32(37)38)31(23-27)26-14-13-15-28(35)21-26/h13-19,21-23H,3-12,20,24H2,1-2H3,(H,36,39)(H,37,38). The zero-order chi connectivity index (χ0) is 29.5. The van der Waals surface area contributed by atoms with Gasteiger partial charge in [-0.25, -0.2) is 4.79 Å². The molecule has 0 aliphatic heterocycles. The van der Waals surface area contributed by atoms with Crippen LogP contribution in [-0.2, 0) is 4.79 Å². The maximum absolute atomic E-state index is 13.3. The number of carboxylic acids is 1. The van der Waals surface area contributed by atoms with Gasteiger partial charge in [0.1, 0.15) is 11.5 Å². The monoisotopic (exact) mass is 579 g/mol. The van der Waals surface area contributed by atoms with Crippen LogP contribution in [0.1, 0.15) is 81.5 Å². The van der Waals surface area contributed by atoms with E-state index in [0.717, 1.165) is 24.0 Å². The van der Waals surface area contributed by atoms with Crippen LogP contribution in [0.5, 0.6) is 11.5 Å². The summed E-state index contributed by atoms with van der Waals surface area (Å²) in [5.74, 6) is -0.238. The fourth-order valence-corrected chi connectivity index (χ4v) is 5.01. The van der Waals surface area contributed by atoms with E-state index in [1.807, 2.05) is 36.4 Å². The van der Waals surface area contributed by atoms with Gasteiger partial charge in [0.05, 0.1) is 7.11 Å². The van der Waals surface area contributed by atoms with Crippen LogP contribution in [0, 0.1) is 0 Å². The van der Waals surface area contributed by atoms with Gasteiger partial charge in [0.2, 0.25) is 0 Å². The Morgan fingerprint density at radius 2 is 1.41 bits per heavy atom. The van der Waals surface area contributed by atoms with Crippen molar-refractivity contribution in [3.63, 3.8) is 0 Å². The SMILES string of the molecule is CCCCCCCCCCCCNC(=O)c1cc(-c2ccc(OC)cc2)c(OCC(=O)O)c(-c2cccc(Cl)c2)c1. The lowest BCUT2D eigenvalue weighted by molar-refractivity contribution is -0.139. The van der Waals surface area contributed by atoms with Gasteiger partial charge in [-0.05, 0) is 53.9 Å². The van der Waals surface area contributed by atoms with Gasteiger partial charge in [-0.15, -0.1) is 0 Å². The molecule has 0 radical (unpaired) electrons. The number of hydrogen-bond acceptors (Lipinski definition) is 4. The van der Waals surface area contributed by atoms with Crippen LogP contribution >= 0.6 is 11.6 Å². The van der Waals surface area contributed by atoms with E-state index in [4.69, 9.17) is 21.1 Å². The van der Waals surface area contributed by atoms with Crippen molar-refractivity contribution in [2.75, 3.05) is 20.3 Å². The van der Waals surface area contributed by atoms with E-state index >= 15 is 0 Å². The van der Waals surface area contributed by atoms with E-state index in [2.05, 4.69) is 12.2 Å². The number of ether oxygens (including phenoxy) is 2. The molecule has 0 bridgehead atoms. The number of unbranched alkanes of at least 4 members (excludes halogenated alkanes) is 9. The van der Waals surface area contributed by atoms with Crippen molar-refractivity contribution in [2.24, 2.45) is 0 Å². The Morgan fingerprint density at radius 3 is 2.00 bits per heavy atom. The fourth-order valence-electron chi connectivity index (χ4n) is 4.82. The average molecular weight is 580 g/mol. The van der Waals surface area contributed by atoms with Gasteiger partial charge in [0.25, 0.3) is 5.91 Å². The zero-order valence-electron chi connectivity index (χ0n) is 24.2. The summed E-state index contributed by atoms with van der Waals surface area (Å²) in [5.41, 5.74) is 3.14. The molecule has 220 valence electrons. The molecule has 0 spiro atoms. The number of benzene rings is 3. The second-order valence-corrected chi connectivity index (χ2v) is 10.7. The predicted octanol–water partition coefficient (Wildman–Crippen LogP) is 8.80. The summed E-state index contributed by atoms with van der Waals surface area (Å²) in [6.07, 6.45) is 12.3. The highest BCUT2D eigenvalue weighted by molar-refractivity contribution is 6.30. The van der Waals surface area contributed by atoms with Crippen molar-refractivity contribution in [2.45, 2.75) is 71.1 Å². The Balaban J connectivity index is 1.78. The van der Waals surface area contributed by atoms with Gasteiger partial charge < -0.3 is 19.9 Å². The smallest absolute Gasteiger partial charge is 0.341 e. The summed E-state index contributed by atoms with van der Waals surface area (Å²) in [7, 11) is 1.59. The van der Waals surface area contributed by atoms with Crippen molar-refractivity contribution in [3.05, 3.63) is 71.2 Å². The Kier molecular flexibility index (Phi) is 13.5. The van der Waals surface area contributed by atoms with Crippen LogP contribution in [0.4, 0.5) is 0 Å². The van der Waals surface area contributed by atoms with Gasteiger partial charge in [-0.1, -0.05) is 101 Å². The lowest BCUT2D eigenvalue weighted by Gasteiger charge is -2.18. The van der Waals surface area contributed by atoms with Gasteiger partial charge in [-0.3, -0.25) is 4.79 Å². The van der Waals surface area contributed by atoms with Crippen LogP contribution in [-0.4, -0.2) is 37.2 Å². The Hall–Kier alpha value is -3.51. The molecule has 41 heavy (non-hydrogen) atoms. The van der Waals surface area contributed by atoms with E-state index < -0.39 is 12.6 Å². The molecule has 3 aromatic rings. The minimum absolute atomic E-state index is 0.191. The van der Waals surface area contributed by atoms with Gasteiger partial charge in [0.15, 0.2) is 6.61 Å². The summed E-state index contributed by atoms with van der Waals surface area (Å²) >= 11 is 6.30. The Bertz CT molecular complexity index is 1260. The number of nitrogens with one attached hydrogen (secondary N) is 1.